The summed E-state index contributed by atoms with van der Waals surface area (Å²) < 4.78 is 5.43. The van der Waals surface area contributed by atoms with E-state index in [9.17, 15) is 4.79 Å². The van der Waals surface area contributed by atoms with Crippen molar-refractivity contribution in [2.75, 3.05) is 44.3 Å². The van der Waals surface area contributed by atoms with Crippen LogP contribution in [0.1, 0.15) is 28.8 Å². The number of rotatable bonds is 5. The maximum Gasteiger partial charge on any atom is 0.228 e. The van der Waals surface area contributed by atoms with Gasteiger partial charge < -0.3 is 14.5 Å². The third kappa shape index (κ3) is 4.82. The second-order valence-electron chi connectivity index (χ2n) is 9.34. The van der Waals surface area contributed by atoms with Crippen LogP contribution in [0, 0.1) is 19.8 Å². The topological polar surface area (TPSA) is 58.6 Å². The van der Waals surface area contributed by atoms with E-state index < -0.39 is 0 Å². The van der Waals surface area contributed by atoms with E-state index >= 15 is 0 Å². The largest absolute Gasteiger partial charge is 0.381 e. The molecule has 3 heterocycles. The summed E-state index contributed by atoms with van der Waals surface area (Å²) >= 11 is 0. The van der Waals surface area contributed by atoms with Crippen LogP contribution in [-0.4, -0.2) is 60.2 Å². The lowest BCUT2D eigenvalue weighted by molar-refractivity contribution is -0.135. The van der Waals surface area contributed by atoms with E-state index in [2.05, 4.69) is 55.1 Å². The SMILES string of the molecule is Cc1ccc(Cc2c(C)nc(-c3ccccc3)nc2N2CCN(C(=O)C3CCOC3)CC2)cc1. The Morgan fingerprint density at radius 3 is 2.38 bits per heavy atom. The Morgan fingerprint density at radius 2 is 1.71 bits per heavy atom. The molecule has 34 heavy (non-hydrogen) atoms. The smallest absolute Gasteiger partial charge is 0.228 e. The predicted octanol–water partition coefficient (Wildman–Crippen LogP) is 4.04. The molecule has 2 saturated heterocycles. The van der Waals surface area contributed by atoms with Crippen LogP contribution in [0.2, 0.25) is 0 Å². The fourth-order valence-electron chi connectivity index (χ4n) is 4.80. The predicted molar refractivity (Wildman–Crippen MR) is 134 cm³/mol. The standard InChI is InChI=1S/C28H32N4O2/c1-20-8-10-22(11-9-20)18-25-21(2)29-26(23-6-4-3-5-7-23)30-27(25)31-13-15-32(16-14-31)28(33)24-12-17-34-19-24/h3-11,24H,12-19H2,1-2H3. The van der Waals surface area contributed by atoms with Gasteiger partial charge in [-0.15, -0.1) is 0 Å². The molecule has 1 amide bonds. The number of carbonyl (C=O) groups excluding carboxylic acids is 1. The third-order valence-electron chi connectivity index (χ3n) is 6.90. The van der Waals surface area contributed by atoms with Gasteiger partial charge >= 0.3 is 0 Å². The lowest BCUT2D eigenvalue weighted by atomic mass is 10.0. The summed E-state index contributed by atoms with van der Waals surface area (Å²) in [7, 11) is 0. The number of aromatic nitrogens is 2. The van der Waals surface area contributed by atoms with Crippen LogP contribution in [0.25, 0.3) is 11.4 Å². The van der Waals surface area contributed by atoms with Crippen molar-refractivity contribution in [1.29, 1.82) is 0 Å². The highest BCUT2D eigenvalue weighted by Crippen LogP contribution is 2.29. The second-order valence-corrected chi connectivity index (χ2v) is 9.34. The lowest BCUT2D eigenvalue weighted by Gasteiger charge is -2.37. The van der Waals surface area contributed by atoms with E-state index in [1.54, 1.807) is 0 Å². The van der Waals surface area contributed by atoms with Crippen molar-refractivity contribution in [3.8, 4) is 11.4 Å². The Hall–Kier alpha value is -3.25. The fourth-order valence-corrected chi connectivity index (χ4v) is 4.80. The van der Waals surface area contributed by atoms with E-state index in [1.165, 1.54) is 11.1 Å². The van der Waals surface area contributed by atoms with Crippen molar-refractivity contribution >= 4 is 11.7 Å². The molecule has 6 heteroatoms. The minimum Gasteiger partial charge on any atom is -0.381 e. The number of nitrogens with zero attached hydrogens (tertiary/aromatic N) is 4. The van der Waals surface area contributed by atoms with E-state index in [4.69, 9.17) is 14.7 Å². The minimum atomic E-state index is 0.0228. The third-order valence-corrected chi connectivity index (χ3v) is 6.90. The number of ether oxygens (including phenoxy) is 1. The summed E-state index contributed by atoms with van der Waals surface area (Å²) in [5.74, 6) is 2.00. The summed E-state index contributed by atoms with van der Waals surface area (Å²) in [6.07, 6.45) is 1.63. The molecule has 1 atom stereocenters. The van der Waals surface area contributed by atoms with Crippen LogP contribution >= 0.6 is 0 Å². The Kier molecular flexibility index (Phi) is 6.59. The van der Waals surface area contributed by atoms with Crippen molar-refractivity contribution in [2.24, 2.45) is 5.92 Å². The Bertz CT molecular complexity index is 1130. The van der Waals surface area contributed by atoms with E-state index in [-0.39, 0.29) is 11.8 Å². The first-order valence-corrected chi connectivity index (χ1v) is 12.2. The molecule has 3 aromatic rings. The fraction of sp³-hybridized carbons (Fsp3) is 0.393. The second kappa shape index (κ2) is 9.94. The molecule has 2 aliphatic heterocycles. The van der Waals surface area contributed by atoms with Crippen molar-refractivity contribution < 1.29 is 9.53 Å². The number of hydrogen-bond acceptors (Lipinski definition) is 5. The monoisotopic (exact) mass is 456 g/mol. The zero-order chi connectivity index (χ0) is 23.5. The molecule has 1 unspecified atom stereocenters. The van der Waals surface area contributed by atoms with Crippen LogP contribution < -0.4 is 4.90 Å². The highest BCUT2D eigenvalue weighted by atomic mass is 16.5. The molecule has 2 aliphatic rings. The van der Waals surface area contributed by atoms with Crippen molar-refractivity contribution in [2.45, 2.75) is 26.7 Å². The molecule has 0 saturated carbocycles. The number of hydrogen-bond donors (Lipinski definition) is 0. The highest BCUT2D eigenvalue weighted by molar-refractivity contribution is 5.79. The molecule has 5 rings (SSSR count). The summed E-state index contributed by atoms with van der Waals surface area (Å²) in [4.78, 5) is 27.2. The van der Waals surface area contributed by atoms with Crippen LogP contribution in [0.3, 0.4) is 0 Å². The van der Waals surface area contributed by atoms with Gasteiger partial charge in [-0.3, -0.25) is 4.79 Å². The molecule has 1 aromatic heterocycles. The van der Waals surface area contributed by atoms with Gasteiger partial charge in [-0.2, -0.15) is 0 Å². The average Bonchev–Trinajstić information content (AvgIpc) is 3.42. The maximum atomic E-state index is 12.9. The average molecular weight is 457 g/mol. The first-order chi connectivity index (χ1) is 16.6. The minimum absolute atomic E-state index is 0.0228. The van der Waals surface area contributed by atoms with Crippen molar-refractivity contribution in [1.82, 2.24) is 14.9 Å². The molecular formula is C28H32N4O2. The van der Waals surface area contributed by atoms with Gasteiger partial charge in [0.15, 0.2) is 5.82 Å². The Balaban J connectivity index is 1.43. The van der Waals surface area contributed by atoms with Gasteiger partial charge in [-0.1, -0.05) is 60.2 Å². The summed E-state index contributed by atoms with van der Waals surface area (Å²) in [6, 6.07) is 18.8. The molecule has 0 radical (unpaired) electrons. The van der Waals surface area contributed by atoms with Gasteiger partial charge in [-0.25, -0.2) is 9.97 Å². The first-order valence-electron chi connectivity index (χ1n) is 12.2. The van der Waals surface area contributed by atoms with Crippen molar-refractivity contribution in [3.05, 3.63) is 77.0 Å². The maximum absolute atomic E-state index is 12.9. The summed E-state index contributed by atoms with van der Waals surface area (Å²) in [5.41, 5.74) is 5.69. The summed E-state index contributed by atoms with van der Waals surface area (Å²) in [6.45, 7) is 8.41. The van der Waals surface area contributed by atoms with Gasteiger partial charge in [0.25, 0.3) is 0 Å². The normalized spacial score (nSPS) is 18.4. The van der Waals surface area contributed by atoms with Crippen molar-refractivity contribution in [3.63, 3.8) is 0 Å². The molecule has 0 aliphatic carbocycles. The number of anilines is 1. The molecule has 176 valence electrons. The highest BCUT2D eigenvalue weighted by Gasteiger charge is 2.31. The van der Waals surface area contributed by atoms with Crippen LogP contribution in [-0.2, 0) is 16.0 Å². The molecule has 0 bridgehead atoms. The zero-order valence-corrected chi connectivity index (χ0v) is 20.0. The van der Waals surface area contributed by atoms with Crippen LogP contribution in [0.15, 0.2) is 54.6 Å². The van der Waals surface area contributed by atoms with E-state index in [0.717, 1.165) is 54.4 Å². The zero-order valence-electron chi connectivity index (χ0n) is 20.0. The number of carbonyl (C=O) groups is 1. The van der Waals surface area contributed by atoms with Gasteiger partial charge in [0, 0.05) is 56.0 Å². The Labute approximate surface area is 201 Å². The van der Waals surface area contributed by atoms with Gasteiger partial charge in [0.2, 0.25) is 5.91 Å². The lowest BCUT2D eigenvalue weighted by Crippen LogP contribution is -2.51. The van der Waals surface area contributed by atoms with Crippen LogP contribution in [0.5, 0.6) is 0 Å². The molecule has 2 aromatic carbocycles. The molecule has 0 spiro atoms. The quantitative estimate of drug-likeness (QED) is 0.580. The van der Waals surface area contributed by atoms with Gasteiger partial charge in [0.05, 0.1) is 12.5 Å². The van der Waals surface area contributed by atoms with E-state index in [1.807, 2.05) is 23.1 Å². The number of amides is 1. The molecule has 0 N–H and O–H groups in total. The first kappa shape index (κ1) is 22.5. The summed E-state index contributed by atoms with van der Waals surface area (Å²) in [5, 5.41) is 0. The van der Waals surface area contributed by atoms with Crippen LogP contribution in [0.4, 0.5) is 5.82 Å². The number of benzene rings is 2. The van der Waals surface area contributed by atoms with Gasteiger partial charge in [-0.05, 0) is 25.8 Å². The van der Waals surface area contributed by atoms with Gasteiger partial charge in [0.1, 0.15) is 5.82 Å². The molecule has 6 nitrogen and oxygen atoms in total. The Morgan fingerprint density at radius 1 is 0.971 bits per heavy atom. The molecule has 2 fully saturated rings. The van der Waals surface area contributed by atoms with E-state index in [0.29, 0.717) is 26.3 Å². The number of piperazine rings is 1. The molecular weight excluding hydrogens is 424 g/mol. The number of aryl methyl sites for hydroxylation is 2.